The molecular weight excluding hydrogens is 260 g/mol. The summed E-state index contributed by atoms with van der Waals surface area (Å²) in [7, 11) is 0. The standard InChI is InChI=1S/C14H14N2O2S/c1-10(17)11-3-2-4-13(7-11)18-9-12-8-16-5-6-19-14(16)15-12/h2-8,10,17H,9H2,1H3. The second kappa shape index (κ2) is 5.03. The van der Waals surface area contributed by atoms with E-state index in [1.54, 1.807) is 18.3 Å². The third kappa shape index (κ3) is 2.62. The molecule has 5 heteroatoms. The Hall–Kier alpha value is -1.85. The van der Waals surface area contributed by atoms with Crippen LogP contribution in [0.2, 0.25) is 0 Å². The molecule has 3 rings (SSSR count). The molecule has 0 amide bonds. The highest BCUT2D eigenvalue weighted by Crippen LogP contribution is 2.20. The van der Waals surface area contributed by atoms with Gasteiger partial charge in [0.15, 0.2) is 4.96 Å². The van der Waals surface area contributed by atoms with Gasteiger partial charge >= 0.3 is 0 Å². The van der Waals surface area contributed by atoms with Crippen LogP contribution in [0.3, 0.4) is 0 Å². The van der Waals surface area contributed by atoms with Crippen LogP contribution in [-0.4, -0.2) is 14.5 Å². The molecule has 0 aliphatic rings. The number of nitrogens with zero attached hydrogens (tertiary/aromatic N) is 2. The Morgan fingerprint density at radius 1 is 1.47 bits per heavy atom. The van der Waals surface area contributed by atoms with Crippen molar-refractivity contribution in [2.75, 3.05) is 0 Å². The molecule has 0 aliphatic carbocycles. The van der Waals surface area contributed by atoms with Crippen molar-refractivity contribution in [3.63, 3.8) is 0 Å². The molecule has 1 aromatic carbocycles. The van der Waals surface area contributed by atoms with E-state index in [0.717, 1.165) is 22.0 Å². The molecule has 4 nitrogen and oxygen atoms in total. The van der Waals surface area contributed by atoms with E-state index in [1.165, 1.54) is 0 Å². The van der Waals surface area contributed by atoms with Gasteiger partial charge in [0.05, 0.1) is 11.8 Å². The highest BCUT2D eigenvalue weighted by atomic mass is 32.1. The van der Waals surface area contributed by atoms with Crippen molar-refractivity contribution in [2.45, 2.75) is 19.6 Å². The van der Waals surface area contributed by atoms with Crippen molar-refractivity contribution < 1.29 is 9.84 Å². The molecule has 1 unspecified atom stereocenters. The van der Waals surface area contributed by atoms with Crippen LogP contribution in [0.15, 0.2) is 42.0 Å². The minimum absolute atomic E-state index is 0.428. The Labute approximate surface area is 114 Å². The number of aliphatic hydroxyl groups excluding tert-OH is 1. The molecule has 1 N–H and O–H groups in total. The molecule has 2 aromatic heterocycles. The normalized spacial score (nSPS) is 12.7. The van der Waals surface area contributed by atoms with Crippen molar-refractivity contribution >= 4 is 16.3 Å². The van der Waals surface area contributed by atoms with Gasteiger partial charge in [-0.2, -0.15) is 0 Å². The molecule has 0 aliphatic heterocycles. The molecule has 0 saturated heterocycles. The average Bonchev–Trinajstić information content (AvgIpc) is 2.97. The number of aliphatic hydroxyl groups is 1. The van der Waals surface area contributed by atoms with Crippen molar-refractivity contribution in [3.8, 4) is 5.75 Å². The van der Waals surface area contributed by atoms with Crippen LogP contribution in [0.25, 0.3) is 4.96 Å². The van der Waals surface area contributed by atoms with E-state index in [2.05, 4.69) is 4.98 Å². The summed E-state index contributed by atoms with van der Waals surface area (Å²) in [4.78, 5) is 5.42. The van der Waals surface area contributed by atoms with E-state index in [9.17, 15) is 5.11 Å². The summed E-state index contributed by atoms with van der Waals surface area (Å²) in [6.45, 7) is 2.17. The van der Waals surface area contributed by atoms with Crippen LogP contribution in [0, 0.1) is 0 Å². The Morgan fingerprint density at radius 2 is 2.37 bits per heavy atom. The van der Waals surface area contributed by atoms with Crippen molar-refractivity contribution in [2.24, 2.45) is 0 Å². The molecule has 2 heterocycles. The van der Waals surface area contributed by atoms with Gasteiger partial charge in [0, 0.05) is 17.8 Å². The summed E-state index contributed by atoms with van der Waals surface area (Å²) in [5.74, 6) is 0.745. The number of thiazole rings is 1. The number of ether oxygens (including phenoxy) is 1. The molecule has 1 atom stereocenters. The van der Waals surface area contributed by atoms with Crippen LogP contribution in [0.1, 0.15) is 24.3 Å². The number of hydrogen-bond donors (Lipinski definition) is 1. The molecule has 0 saturated carbocycles. The topological polar surface area (TPSA) is 46.8 Å². The summed E-state index contributed by atoms with van der Waals surface area (Å²) in [6, 6.07) is 7.49. The molecule has 0 spiro atoms. The first-order valence-corrected chi connectivity index (χ1v) is 6.92. The lowest BCUT2D eigenvalue weighted by molar-refractivity contribution is 0.198. The lowest BCUT2D eigenvalue weighted by atomic mass is 10.1. The fourth-order valence-electron chi connectivity index (χ4n) is 1.87. The van der Waals surface area contributed by atoms with Crippen LogP contribution < -0.4 is 4.74 Å². The van der Waals surface area contributed by atoms with Gasteiger partial charge in [-0.15, -0.1) is 11.3 Å². The third-order valence-electron chi connectivity index (χ3n) is 2.87. The lowest BCUT2D eigenvalue weighted by Crippen LogP contribution is -1.97. The van der Waals surface area contributed by atoms with Gasteiger partial charge in [-0.1, -0.05) is 12.1 Å². The van der Waals surface area contributed by atoms with Crippen LogP contribution in [-0.2, 0) is 6.61 Å². The lowest BCUT2D eigenvalue weighted by Gasteiger charge is -2.08. The minimum Gasteiger partial charge on any atom is -0.487 e. The Morgan fingerprint density at radius 3 is 3.16 bits per heavy atom. The number of imidazole rings is 1. The maximum atomic E-state index is 9.53. The molecule has 3 aromatic rings. The van der Waals surface area contributed by atoms with Crippen LogP contribution >= 0.6 is 11.3 Å². The van der Waals surface area contributed by atoms with Gasteiger partial charge in [0.2, 0.25) is 0 Å². The second-order valence-corrected chi connectivity index (χ2v) is 5.24. The molecule has 0 fully saturated rings. The Balaban J connectivity index is 1.71. The fourth-order valence-corrected chi connectivity index (χ4v) is 2.59. The maximum absolute atomic E-state index is 9.53. The quantitative estimate of drug-likeness (QED) is 0.795. The zero-order chi connectivity index (χ0) is 13.2. The monoisotopic (exact) mass is 274 g/mol. The van der Waals surface area contributed by atoms with Gasteiger partial charge in [-0.25, -0.2) is 4.98 Å². The van der Waals surface area contributed by atoms with Crippen molar-refractivity contribution in [3.05, 3.63) is 53.3 Å². The zero-order valence-corrected chi connectivity index (χ0v) is 11.3. The molecule has 19 heavy (non-hydrogen) atoms. The molecule has 0 bridgehead atoms. The number of rotatable bonds is 4. The summed E-state index contributed by atoms with van der Waals surface area (Å²) in [5.41, 5.74) is 1.75. The zero-order valence-electron chi connectivity index (χ0n) is 10.5. The molecule has 98 valence electrons. The van der Waals surface area contributed by atoms with E-state index < -0.39 is 6.10 Å². The number of aromatic nitrogens is 2. The maximum Gasteiger partial charge on any atom is 0.193 e. The van der Waals surface area contributed by atoms with Gasteiger partial charge < -0.3 is 9.84 Å². The summed E-state index contributed by atoms with van der Waals surface area (Å²) >= 11 is 1.60. The first-order valence-electron chi connectivity index (χ1n) is 6.04. The second-order valence-electron chi connectivity index (χ2n) is 4.36. The van der Waals surface area contributed by atoms with Crippen LogP contribution in [0.5, 0.6) is 5.75 Å². The van der Waals surface area contributed by atoms with E-state index in [0.29, 0.717) is 6.61 Å². The van der Waals surface area contributed by atoms with Crippen LogP contribution in [0.4, 0.5) is 0 Å². The largest absolute Gasteiger partial charge is 0.487 e. The number of hydrogen-bond acceptors (Lipinski definition) is 4. The Kier molecular flexibility index (Phi) is 3.23. The van der Waals surface area contributed by atoms with E-state index in [4.69, 9.17) is 4.74 Å². The first kappa shape index (κ1) is 12.2. The van der Waals surface area contributed by atoms with E-state index >= 15 is 0 Å². The average molecular weight is 274 g/mol. The van der Waals surface area contributed by atoms with Gasteiger partial charge in [-0.3, -0.25) is 4.40 Å². The summed E-state index contributed by atoms with van der Waals surface area (Å²) in [5, 5.41) is 11.5. The predicted molar refractivity (Wildman–Crippen MR) is 74.5 cm³/mol. The highest BCUT2D eigenvalue weighted by molar-refractivity contribution is 7.15. The van der Waals surface area contributed by atoms with E-state index in [-0.39, 0.29) is 0 Å². The summed E-state index contributed by atoms with van der Waals surface area (Å²) in [6.07, 6.45) is 3.45. The number of fused-ring (bicyclic) bond motifs is 1. The van der Waals surface area contributed by atoms with Crippen molar-refractivity contribution in [1.29, 1.82) is 0 Å². The smallest absolute Gasteiger partial charge is 0.193 e. The van der Waals surface area contributed by atoms with Gasteiger partial charge in [-0.05, 0) is 24.6 Å². The fraction of sp³-hybridized carbons (Fsp3) is 0.214. The SMILES string of the molecule is CC(O)c1cccc(OCc2cn3ccsc3n2)c1. The molecule has 0 radical (unpaired) electrons. The van der Waals surface area contributed by atoms with E-state index in [1.807, 2.05) is 46.4 Å². The van der Waals surface area contributed by atoms with Crippen molar-refractivity contribution in [1.82, 2.24) is 9.38 Å². The number of benzene rings is 1. The predicted octanol–water partition coefficient (Wildman–Crippen LogP) is 3.03. The Bertz CT molecular complexity index is 659. The third-order valence-corrected chi connectivity index (χ3v) is 3.64. The summed E-state index contributed by atoms with van der Waals surface area (Å²) < 4.78 is 7.68. The minimum atomic E-state index is -0.485. The highest BCUT2D eigenvalue weighted by Gasteiger charge is 2.05. The molecular formula is C14H14N2O2S. The van der Waals surface area contributed by atoms with Gasteiger partial charge in [0.1, 0.15) is 12.4 Å². The first-order chi connectivity index (χ1) is 9.22. The van der Waals surface area contributed by atoms with Gasteiger partial charge in [0.25, 0.3) is 0 Å².